The number of nitrogens with one attached hydrogen (secondary N) is 1. The molecule has 0 saturated heterocycles. The molecule has 0 radical (unpaired) electrons. The molecule has 1 aliphatic rings. The molecule has 1 N–H and O–H groups in total. The zero-order chi connectivity index (χ0) is 10.1. The summed E-state index contributed by atoms with van der Waals surface area (Å²) in [5.41, 5.74) is -0.0972. The topological polar surface area (TPSA) is 38.3 Å². The van der Waals surface area contributed by atoms with E-state index in [1.54, 1.807) is 0 Å². The first kappa shape index (κ1) is 8.93. The minimum Gasteiger partial charge on any atom is -0.488 e. The van der Waals surface area contributed by atoms with Crippen molar-refractivity contribution in [3.05, 3.63) is 29.3 Å². The van der Waals surface area contributed by atoms with Crippen LogP contribution in [-0.2, 0) is 0 Å². The van der Waals surface area contributed by atoms with Gasteiger partial charge in [0.05, 0.1) is 12.1 Å². The highest BCUT2D eigenvalue weighted by molar-refractivity contribution is 5.97. The molecule has 0 fully saturated rings. The van der Waals surface area contributed by atoms with Crippen molar-refractivity contribution >= 4 is 5.91 Å². The molecule has 0 spiro atoms. The van der Waals surface area contributed by atoms with E-state index >= 15 is 0 Å². The van der Waals surface area contributed by atoms with Gasteiger partial charge in [0.25, 0.3) is 5.91 Å². The van der Waals surface area contributed by atoms with Crippen molar-refractivity contribution in [3.63, 3.8) is 0 Å². The van der Waals surface area contributed by atoms with Crippen LogP contribution in [-0.4, -0.2) is 19.1 Å². The molecular formula is C9H7F2NO2. The Kier molecular flexibility index (Phi) is 2.07. The van der Waals surface area contributed by atoms with Gasteiger partial charge in [-0.15, -0.1) is 0 Å². The van der Waals surface area contributed by atoms with E-state index in [4.69, 9.17) is 4.74 Å². The third-order valence-electron chi connectivity index (χ3n) is 1.89. The molecule has 0 saturated carbocycles. The van der Waals surface area contributed by atoms with Crippen LogP contribution in [0.3, 0.4) is 0 Å². The molecule has 0 bridgehead atoms. The number of halogens is 2. The predicted molar refractivity (Wildman–Crippen MR) is 44.2 cm³/mol. The van der Waals surface area contributed by atoms with Crippen molar-refractivity contribution in [1.29, 1.82) is 0 Å². The zero-order valence-electron chi connectivity index (χ0n) is 7.14. The second-order valence-corrected chi connectivity index (χ2v) is 2.87. The minimum atomic E-state index is -0.850. The van der Waals surface area contributed by atoms with Crippen molar-refractivity contribution in [1.82, 2.24) is 5.32 Å². The van der Waals surface area contributed by atoms with E-state index in [1.165, 1.54) is 0 Å². The van der Waals surface area contributed by atoms with Crippen molar-refractivity contribution in [2.24, 2.45) is 0 Å². The summed E-state index contributed by atoms with van der Waals surface area (Å²) in [7, 11) is 0. The second-order valence-electron chi connectivity index (χ2n) is 2.87. The number of amides is 1. The number of ether oxygens (including phenoxy) is 1. The Balaban J connectivity index is 2.58. The maximum atomic E-state index is 13.1. The molecule has 1 amide bonds. The number of carbonyl (C=O) groups excluding carboxylic acids is 1. The number of fused-ring (bicyclic) bond motifs is 1. The van der Waals surface area contributed by atoms with Crippen molar-refractivity contribution in [2.75, 3.05) is 13.2 Å². The van der Waals surface area contributed by atoms with Gasteiger partial charge in [0.1, 0.15) is 12.4 Å². The molecule has 1 aliphatic heterocycles. The van der Waals surface area contributed by atoms with Gasteiger partial charge < -0.3 is 10.1 Å². The summed E-state index contributed by atoms with van der Waals surface area (Å²) in [6.45, 7) is 0.468. The molecule has 2 rings (SSSR count). The van der Waals surface area contributed by atoms with E-state index in [9.17, 15) is 13.6 Å². The fourth-order valence-electron chi connectivity index (χ4n) is 1.29. The third-order valence-corrected chi connectivity index (χ3v) is 1.89. The third kappa shape index (κ3) is 1.41. The molecule has 0 unspecified atom stereocenters. The normalized spacial score (nSPS) is 15.1. The van der Waals surface area contributed by atoms with Gasteiger partial charge in [-0.25, -0.2) is 8.78 Å². The Hall–Kier alpha value is -1.65. The first-order chi connectivity index (χ1) is 6.68. The van der Waals surface area contributed by atoms with Crippen molar-refractivity contribution < 1.29 is 18.3 Å². The molecule has 1 heterocycles. The van der Waals surface area contributed by atoms with E-state index in [0.717, 1.165) is 6.07 Å². The summed E-state index contributed by atoms with van der Waals surface area (Å²) >= 11 is 0. The maximum absolute atomic E-state index is 13.1. The lowest BCUT2D eigenvalue weighted by Gasteiger charge is -2.05. The lowest BCUT2D eigenvalue weighted by molar-refractivity contribution is 0.0956. The SMILES string of the molecule is O=C1NCCOc2c(F)cc(F)cc21. The lowest BCUT2D eigenvalue weighted by atomic mass is 10.2. The van der Waals surface area contributed by atoms with Crippen LogP contribution in [0.15, 0.2) is 12.1 Å². The average molecular weight is 199 g/mol. The summed E-state index contributed by atoms with van der Waals surface area (Å²) in [5.74, 6) is -2.34. The summed E-state index contributed by atoms with van der Waals surface area (Å²) in [4.78, 5) is 11.3. The first-order valence-corrected chi connectivity index (χ1v) is 4.08. The van der Waals surface area contributed by atoms with E-state index < -0.39 is 17.5 Å². The number of benzene rings is 1. The molecule has 0 aliphatic carbocycles. The number of carbonyl (C=O) groups is 1. The van der Waals surface area contributed by atoms with Crippen LogP contribution in [0.5, 0.6) is 5.75 Å². The molecule has 5 heteroatoms. The molecule has 74 valence electrons. The molecule has 0 aromatic heterocycles. The zero-order valence-corrected chi connectivity index (χ0v) is 7.14. The highest BCUT2D eigenvalue weighted by atomic mass is 19.1. The molecule has 1 aromatic rings. The van der Waals surface area contributed by atoms with Crippen LogP contribution in [0.4, 0.5) is 8.78 Å². The van der Waals surface area contributed by atoms with E-state index in [-0.39, 0.29) is 24.5 Å². The Morgan fingerprint density at radius 2 is 2.14 bits per heavy atom. The first-order valence-electron chi connectivity index (χ1n) is 4.08. The monoisotopic (exact) mass is 199 g/mol. The minimum absolute atomic E-state index is 0.0972. The van der Waals surface area contributed by atoms with E-state index in [1.807, 2.05) is 0 Å². The Labute approximate surface area is 78.7 Å². The average Bonchev–Trinajstić information content (AvgIpc) is 2.29. The van der Waals surface area contributed by atoms with Gasteiger partial charge in [-0.05, 0) is 6.07 Å². The smallest absolute Gasteiger partial charge is 0.255 e. The standard InChI is InChI=1S/C9H7F2NO2/c10-5-3-6-8(7(11)4-5)14-2-1-12-9(6)13/h3-4H,1-2H2,(H,12,13). The van der Waals surface area contributed by atoms with Gasteiger partial charge in [0.2, 0.25) is 0 Å². The van der Waals surface area contributed by atoms with Gasteiger partial charge in [0.15, 0.2) is 11.6 Å². The van der Waals surface area contributed by atoms with Crippen LogP contribution >= 0.6 is 0 Å². The van der Waals surface area contributed by atoms with Gasteiger partial charge >= 0.3 is 0 Å². The summed E-state index contributed by atoms with van der Waals surface area (Å²) in [5, 5.41) is 2.46. The van der Waals surface area contributed by atoms with Gasteiger partial charge in [-0.1, -0.05) is 0 Å². The quantitative estimate of drug-likeness (QED) is 0.679. The summed E-state index contributed by atoms with van der Waals surface area (Å²) in [6.07, 6.45) is 0. The van der Waals surface area contributed by atoms with E-state index in [0.29, 0.717) is 6.07 Å². The number of hydrogen-bond acceptors (Lipinski definition) is 2. The Morgan fingerprint density at radius 1 is 1.36 bits per heavy atom. The van der Waals surface area contributed by atoms with Crippen LogP contribution < -0.4 is 10.1 Å². The molecule has 1 aromatic carbocycles. The van der Waals surface area contributed by atoms with Crippen LogP contribution in [0.25, 0.3) is 0 Å². The van der Waals surface area contributed by atoms with E-state index in [2.05, 4.69) is 5.32 Å². The van der Waals surface area contributed by atoms with Gasteiger partial charge in [-0.3, -0.25) is 4.79 Å². The number of hydrogen-bond donors (Lipinski definition) is 1. The van der Waals surface area contributed by atoms with Crippen LogP contribution in [0, 0.1) is 11.6 Å². The largest absolute Gasteiger partial charge is 0.488 e. The summed E-state index contributed by atoms with van der Waals surface area (Å²) < 4.78 is 30.9. The molecule has 3 nitrogen and oxygen atoms in total. The Morgan fingerprint density at radius 3 is 2.93 bits per heavy atom. The van der Waals surface area contributed by atoms with Crippen molar-refractivity contribution in [3.8, 4) is 5.75 Å². The fraction of sp³-hybridized carbons (Fsp3) is 0.222. The highest BCUT2D eigenvalue weighted by Crippen LogP contribution is 2.25. The predicted octanol–water partition coefficient (Wildman–Crippen LogP) is 1.09. The van der Waals surface area contributed by atoms with Crippen LogP contribution in [0.2, 0.25) is 0 Å². The van der Waals surface area contributed by atoms with Crippen LogP contribution in [0.1, 0.15) is 10.4 Å². The second kappa shape index (κ2) is 3.25. The molecule has 0 atom stereocenters. The van der Waals surface area contributed by atoms with Gasteiger partial charge in [-0.2, -0.15) is 0 Å². The van der Waals surface area contributed by atoms with Gasteiger partial charge in [0, 0.05) is 6.07 Å². The maximum Gasteiger partial charge on any atom is 0.255 e. The summed E-state index contributed by atoms with van der Waals surface area (Å²) in [6, 6.07) is 1.65. The molecule has 14 heavy (non-hydrogen) atoms. The Bertz CT molecular complexity index is 393. The molecular weight excluding hydrogens is 192 g/mol. The lowest BCUT2D eigenvalue weighted by Crippen LogP contribution is -2.24. The highest BCUT2D eigenvalue weighted by Gasteiger charge is 2.21. The fourth-order valence-corrected chi connectivity index (χ4v) is 1.29. The van der Waals surface area contributed by atoms with Crippen molar-refractivity contribution in [2.45, 2.75) is 0 Å². The number of rotatable bonds is 0.